The molecule has 2 aromatic carbocycles. The molecule has 1 N–H and O–H groups in total. The first kappa shape index (κ1) is 23.3. The lowest BCUT2D eigenvalue weighted by Crippen LogP contribution is -2.58. The number of rotatable bonds is 7. The molecule has 0 unspecified atom stereocenters. The second kappa shape index (κ2) is 8.78. The molecule has 0 aliphatic heterocycles. The van der Waals surface area contributed by atoms with E-state index in [4.69, 9.17) is 16.3 Å². The van der Waals surface area contributed by atoms with Crippen molar-refractivity contribution in [2.24, 2.45) is 5.10 Å². The van der Waals surface area contributed by atoms with Gasteiger partial charge in [-0.2, -0.15) is 35.8 Å². The van der Waals surface area contributed by atoms with E-state index < -0.39 is 18.1 Å². The van der Waals surface area contributed by atoms with Crippen LogP contribution >= 0.6 is 27.5 Å². The molecule has 158 valence electrons. The molecule has 2 aromatic rings. The fourth-order valence-corrected chi connectivity index (χ4v) is 2.53. The Hall–Kier alpha value is -2.01. The van der Waals surface area contributed by atoms with E-state index >= 15 is 0 Å². The minimum Gasteiger partial charge on any atom is -0.488 e. The highest BCUT2D eigenvalue weighted by molar-refractivity contribution is 9.10. The molecule has 3 nitrogen and oxygen atoms in total. The van der Waals surface area contributed by atoms with Crippen LogP contribution in [0.4, 0.5) is 30.7 Å². The summed E-state index contributed by atoms with van der Waals surface area (Å²) in [7, 11) is 0. The zero-order valence-electron chi connectivity index (χ0n) is 14.1. The maximum absolute atomic E-state index is 13.1. The topological polar surface area (TPSA) is 33.6 Å². The number of hydrogen-bond acceptors (Lipinski definition) is 3. The fraction of sp³-hybridized carbons (Fsp3) is 0.235. The maximum atomic E-state index is 13.1. The molecule has 0 heterocycles. The number of alkyl halides is 7. The SMILES string of the molecule is FC(F)(F)C(F)(F)C(F)(F)N/N=C/c1ccc(OCc2ccc(Cl)cc2)c(Br)c1. The lowest BCUT2D eigenvalue weighted by atomic mass is 10.2. The second-order valence-electron chi connectivity index (χ2n) is 5.62. The third-order valence-electron chi connectivity index (χ3n) is 3.43. The molecule has 29 heavy (non-hydrogen) atoms. The molecule has 0 radical (unpaired) electrons. The lowest BCUT2D eigenvalue weighted by molar-refractivity contribution is -0.361. The van der Waals surface area contributed by atoms with E-state index in [2.05, 4.69) is 21.0 Å². The van der Waals surface area contributed by atoms with Gasteiger partial charge in [-0.25, -0.2) is 5.43 Å². The highest BCUT2D eigenvalue weighted by atomic mass is 79.9. The Balaban J connectivity index is 2.02. The quantitative estimate of drug-likeness (QED) is 0.204. The first-order chi connectivity index (χ1) is 13.3. The number of nitrogens with one attached hydrogen (secondary N) is 1. The van der Waals surface area contributed by atoms with E-state index in [0.29, 0.717) is 26.9 Å². The summed E-state index contributed by atoms with van der Waals surface area (Å²) in [5.74, 6) is -5.92. The Morgan fingerprint density at radius 3 is 2.17 bits per heavy atom. The van der Waals surface area contributed by atoms with E-state index in [1.165, 1.54) is 18.2 Å². The van der Waals surface area contributed by atoms with Gasteiger partial charge in [0.25, 0.3) is 0 Å². The molecule has 0 bridgehead atoms. The summed E-state index contributed by atoms with van der Waals surface area (Å²) in [5, 5.41) is 3.35. The van der Waals surface area contributed by atoms with Gasteiger partial charge in [0.1, 0.15) is 12.4 Å². The van der Waals surface area contributed by atoms with E-state index in [1.807, 2.05) is 0 Å². The van der Waals surface area contributed by atoms with Crippen LogP contribution in [0.25, 0.3) is 0 Å². The molecule has 0 atom stereocenters. The summed E-state index contributed by atoms with van der Waals surface area (Å²) in [4.78, 5) is 0. The molecule has 0 fully saturated rings. The summed E-state index contributed by atoms with van der Waals surface area (Å²) in [6.07, 6.45) is -5.78. The molecule has 0 aromatic heterocycles. The Kier molecular flexibility index (Phi) is 7.05. The number of hydrogen-bond donors (Lipinski definition) is 1. The molecular formula is C17H11BrClF7N2O. The summed E-state index contributed by atoms with van der Waals surface area (Å²) < 4.78 is 93.8. The Bertz CT molecular complexity index is 873. The number of benzene rings is 2. The average molecular weight is 508 g/mol. The zero-order chi connectivity index (χ0) is 21.9. The third kappa shape index (κ3) is 5.75. The molecule has 0 aliphatic rings. The van der Waals surface area contributed by atoms with Gasteiger partial charge in [-0.15, -0.1) is 0 Å². The van der Waals surface area contributed by atoms with Gasteiger partial charge in [-0.3, -0.25) is 0 Å². The van der Waals surface area contributed by atoms with Gasteiger partial charge in [0.05, 0.1) is 10.7 Å². The molecule has 0 aliphatic carbocycles. The molecule has 0 amide bonds. The van der Waals surface area contributed by atoms with Gasteiger partial charge >= 0.3 is 18.1 Å². The van der Waals surface area contributed by atoms with Crippen molar-refractivity contribution in [1.82, 2.24) is 5.43 Å². The summed E-state index contributed by atoms with van der Waals surface area (Å²) in [5.41, 5.74) is 1.51. The monoisotopic (exact) mass is 506 g/mol. The zero-order valence-corrected chi connectivity index (χ0v) is 16.4. The number of ether oxygens (including phenoxy) is 1. The number of nitrogens with zero attached hydrogens (tertiary/aromatic N) is 1. The highest BCUT2D eigenvalue weighted by Gasteiger charge is 2.73. The molecule has 2 rings (SSSR count). The first-order valence-electron chi connectivity index (χ1n) is 7.63. The lowest BCUT2D eigenvalue weighted by Gasteiger charge is -2.27. The van der Waals surface area contributed by atoms with Crippen LogP contribution in [0, 0.1) is 0 Å². The smallest absolute Gasteiger partial charge is 0.462 e. The average Bonchev–Trinajstić information content (AvgIpc) is 2.61. The van der Waals surface area contributed by atoms with E-state index in [0.717, 1.165) is 5.56 Å². The van der Waals surface area contributed by atoms with Crippen molar-refractivity contribution in [3.8, 4) is 5.75 Å². The number of hydrazone groups is 1. The minimum absolute atomic E-state index is 0.134. The summed E-state index contributed by atoms with van der Waals surface area (Å²) in [6, 6.07) is 5.36. The normalized spacial score (nSPS) is 13.0. The van der Waals surface area contributed by atoms with Crippen molar-refractivity contribution in [3.63, 3.8) is 0 Å². The van der Waals surface area contributed by atoms with E-state index in [-0.39, 0.29) is 12.2 Å². The highest BCUT2D eigenvalue weighted by Crippen LogP contribution is 2.45. The first-order valence-corrected chi connectivity index (χ1v) is 8.80. The van der Waals surface area contributed by atoms with Crippen LogP contribution in [0.15, 0.2) is 52.0 Å². The Morgan fingerprint density at radius 1 is 1.00 bits per heavy atom. The third-order valence-corrected chi connectivity index (χ3v) is 4.30. The second-order valence-corrected chi connectivity index (χ2v) is 6.91. The van der Waals surface area contributed by atoms with Crippen LogP contribution in [0.3, 0.4) is 0 Å². The van der Waals surface area contributed by atoms with Gasteiger partial charge in [0.2, 0.25) is 0 Å². The Morgan fingerprint density at radius 2 is 1.62 bits per heavy atom. The van der Waals surface area contributed by atoms with Crippen molar-refractivity contribution in [3.05, 3.63) is 63.1 Å². The van der Waals surface area contributed by atoms with Gasteiger partial charge in [-0.05, 0) is 57.4 Å². The van der Waals surface area contributed by atoms with Crippen LogP contribution in [-0.2, 0) is 6.61 Å². The number of halogens is 9. The van der Waals surface area contributed by atoms with Crippen LogP contribution in [-0.4, -0.2) is 24.4 Å². The predicted molar refractivity (Wildman–Crippen MR) is 96.6 cm³/mol. The van der Waals surface area contributed by atoms with Crippen LogP contribution in [0.2, 0.25) is 5.02 Å². The molecular weight excluding hydrogens is 497 g/mol. The molecule has 0 saturated carbocycles. The fourth-order valence-electron chi connectivity index (χ4n) is 1.89. The van der Waals surface area contributed by atoms with Crippen molar-refractivity contribution in [2.45, 2.75) is 24.8 Å². The Labute approximate surface area is 173 Å². The van der Waals surface area contributed by atoms with Gasteiger partial charge < -0.3 is 4.74 Å². The molecule has 12 heteroatoms. The summed E-state index contributed by atoms with van der Waals surface area (Å²) >= 11 is 8.95. The standard InChI is InChI=1S/C17H11BrClF7N2O/c18-13-7-11(8-27-28-17(25,26)15(20,21)16(22,23)24)3-6-14(13)29-9-10-1-4-12(19)5-2-10/h1-8,28H,9H2/b27-8+. The van der Waals surface area contributed by atoms with Crippen LogP contribution in [0.1, 0.15) is 11.1 Å². The van der Waals surface area contributed by atoms with Crippen molar-refractivity contribution >= 4 is 33.7 Å². The van der Waals surface area contributed by atoms with Gasteiger partial charge in [-0.1, -0.05) is 23.7 Å². The molecule has 0 spiro atoms. The van der Waals surface area contributed by atoms with Crippen LogP contribution < -0.4 is 10.2 Å². The van der Waals surface area contributed by atoms with Crippen molar-refractivity contribution in [2.75, 3.05) is 0 Å². The molecule has 0 saturated heterocycles. The van der Waals surface area contributed by atoms with Gasteiger partial charge in [0.15, 0.2) is 0 Å². The van der Waals surface area contributed by atoms with Crippen molar-refractivity contribution in [1.29, 1.82) is 0 Å². The predicted octanol–water partition coefficient (Wildman–Crippen LogP) is 6.40. The van der Waals surface area contributed by atoms with E-state index in [9.17, 15) is 30.7 Å². The van der Waals surface area contributed by atoms with Gasteiger partial charge in [0, 0.05) is 5.02 Å². The largest absolute Gasteiger partial charge is 0.488 e. The maximum Gasteiger partial charge on any atom is 0.462 e. The minimum atomic E-state index is -6.44. The van der Waals surface area contributed by atoms with Crippen molar-refractivity contribution < 1.29 is 35.5 Å². The van der Waals surface area contributed by atoms with Crippen LogP contribution in [0.5, 0.6) is 5.75 Å². The summed E-state index contributed by atoms with van der Waals surface area (Å²) in [6.45, 7) is 0.198. The van der Waals surface area contributed by atoms with E-state index in [1.54, 1.807) is 24.3 Å².